The molecule has 0 aliphatic carbocycles. The average Bonchev–Trinajstić information content (AvgIpc) is 2.27. The van der Waals surface area contributed by atoms with Crippen molar-refractivity contribution in [1.82, 2.24) is 5.32 Å². The molecule has 0 heterocycles. The summed E-state index contributed by atoms with van der Waals surface area (Å²) in [6, 6.07) is 7.98. The van der Waals surface area contributed by atoms with Crippen LogP contribution in [0.1, 0.15) is 31.4 Å². The fourth-order valence-corrected chi connectivity index (χ4v) is 1.68. The Morgan fingerprint density at radius 3 is 2.62 bits per heavy atom. The van der Waals surface area contributed by atoms with Gasteiger partial charge in [0.25, 0.3) is 0 Å². The Morgan fingerprint density at radius 1 is 1.44 bits per heavy atom. The van der Waals surface area contributed by atoms with E-state index in [1.165, 1.54) is 0 Å². The summed E-state index contributed by atoms with van der Waals surface area (Å²) in [5.41, 5.74) is 6.45. The molecule has 0 radical (unpaired) electrons. The minimum Gasteiger partial charge on any atom is -0.350 e. The largest absolute Gasteiger partial charge is 0.350 e. The lowest BCUT2D eigenvalue weighted by molar-refractivity contribution is -0.121. The number of nitrogens with one attached hydrogen (secondary N) is 1. The minimum absolute atomic E-state index is 0.0402. The van der Waals surface area contributed by atoms with Crippen LogP contribution in [-0.4, -0.2) is 12.5 Å². The molecule has 0 aromatic heterocycles. The second-order valence-electron chi connectivity index (χ2n) is 3.73. The van der Waals surface area contributed by atoms with Crippen LogP contribution in [-0.2, 0) is 4.79 Å². The van der Waals surface area contributed by atoms with Crippen molar-refractivity contribution >= 4 is 21.8 Å². The summed E-state index contributed by atoms with van der Waals surface area (Å²) >= 11 is 3.38. The number of nitrogens with two attached hydrogens (primary N) is 1. The van der Waals surface area contributed by atoms with Crippen molar-refractivity contribution < 1.29 is 4.79 Å². The van der Waals surface area contributed by atoms with Crippen LogP contribution in [0.3, 0.4) is 0 Å². The van der Waals surface area contributed by atoms with Crippen LogP contribution in [0.4, 0.5) is 0 Å². The summed E-state index contributed by atoms with van der Waals surface area (Å²) in [5, 5.41) is 2.94. The average molecular weight is 285 g/mol. The maximum atomic E-state index is 11.5. The van der Waals surface area contributed by atoms with E-state index < -0.39 is 0 Å². The SMILES string of the molecule is C[C@@H](NC(=O)CCCN)c1ccc(Br)cc1. The van der Waals surface area contributed by atoms with Gasteiger partial charge in [0.05, 0.1) is 6.04 Å². The standard InChI is InChI=1S/C12H17BrN2O/c1-9(15-12(16)3-2-8-14)10-4-6-11(13)7-5-10/h4-7,9H,2-3,8,14H2,1H3,(H,15,16)/t9-/m1/s1. The molecule has 4 heteroatoms. The Balaban J connectivity index is 2.48. The van der Waals surface area contributed by atoms with Gasteiger partial charge in [0, 0.05) is 10.9 Å². The van der Waals surface area contributed by atoms with Crippen molar-refractivity contribution in [3.8, 4) is 0 Å². The summed E-state index contributed by atoms with van der Waals surface area (Å²) < 4.78 is 1.04. The number of hydrogen-bond donors (Lipinski definition) is 2. The van der Waals surface area contributed by atoms with Crippen molar-refractivity contribution in [3.05, 3.63) is 34.3 Å². The Labute approximate surface area is 105 Å². The third-order valence-electron chi connectivity index (χ3n) is 2.36. The highest BCUT2D eigenvalue weighted by atomic mass is 79.9. The van der Waals surface area contributed by atoms with Gasteiger partial charge in [0.2, 0.25) is 5.91 Å². The molecule has 1 rings (SSSR count). The van der Waals surface area contributed by atoms with Crippen LogP contribution in [0, 0.1) is 0 Å². The van der Waals surface area contributed by atoms with Gasteiger partial charge in [0.1, 0.15) is 0 Å². The number of rotatable bonds is 5. The predicted molar refractivity (Wildman–Crippen MR) is 69.0 cm³/mol. The fourth-order valence-electron chi connectivity index (χ4n) is 1.41. The van der Waals surface area contributed by atoms with E-state index >= 15 is 0 Å². The maximum Gasteiger partial charge on any atom is 0.220 e. The van der Waals surface area contributed by atoms with Gasteiger partial charge in [-0.3, -0.25) is 4.79 Å². The second kappa shape index (κ2) is 6.66. The molecular weight excluding hydrogens is 268 g/mol. The Morgan fingerprint density at radius 2 is 2.06 bits per heavy atom. The monoisotopic (exact) mass is 284 g/mol. The topological polar surface area (TPSA) is 55.1 Å². The van der Waals surface area contributed by atoms with E-state index in [0.717, 1.165) is 16.5 Å². The lowest BCUT2D eigenvalue weighted by Crippen LogP contribution is -2.26. The zero-order valence-electron chi connectivity index (χ0n) is 9.37. The normalized spacial score (nSPS) is 12.2. The van der Waals surface area contributed by atoms with Gasteiger partial charge < -0.3 is 11.1 Å². The third-order valence-corrected chi connectivity index (χ3v) is 2.88. The predicted octanol–water partition coefficient (Wildman–Crippen LogP) is 2.37. The molecule has 0 aliphatic rings. The molecule has 1 atom stereocenters. The molecule has 0 unspecified atom stereocenters. The van der Waals surface area contributed by atoms with Crippen LogP contribution in [0.25, 0.3) is 0 Å². The van der Waals surface area contributed by atoms with Gasteiger partial charge in [-0.25, -0.2) is 0 Å². The first-order valence-electron chi connectivity index (χ1n) is 5.38. The van der Waals surface area contributed by atoms with E-state index in [1.54, 1.807) is 0 Å². The molecule has 1 amide bonds. The summed E-state index contributed by atoms with van der Waals surface area (Å²) in [5.74, 6) is 0.0564. The van der Waals surface area contributed by atoms with Gasteiger partial charge in [-0.15, -0.1) is 0 Å². The fraction of sp³-hybridized carbons (Fsp3) is 0.417. The molecule has 1 aromatic rings. The van der Waals surface area contributed by atoms with Crippen molar-refractivity contribution in [2.75, 3.05) is 6.54 Å². The molecule has 1 aromatic carbocycles. The smallest absolute Gasteiger partial charge is 0.220 e. The Hall–Kier alpha value is -0.870. The molecule has 0 bridgehead atoms. The number of halogens is 1. The van der Waals surface area contributed by atoms with Gasteiger partial charge in [-0.1, -0.05) is 28.1 Å². The molecule has 88 valence electrons. The number of hydrogen-bond acceptors (Lipinski definition) is 2. The third kappa shape index (κ3) is 4.33. The second-order valence-corrected chi connectivity index (χ2v) is 4.65. The first-order valence-corrected chi connectivity index (χ1v) is 6.17. The molecule has 3 N–H and O–H groups in total. The minimum atomic E-state index is 0.0402. The molecule has 0 fully saturated rings. The molecule has 16 heavy (non-hydrogen) atoms. The van der Waals surface area contributed by atoms with E-state index in [1.807, 2.05) is 31.2 Å². The van der Waals surface area contributed by atoms with E-state index in [4.69, 9.17) is 5.73 Å². The maximum absolute atomic E-state index is 11.5. The van der Waals surface area contributed by atoms with Crippen molar-refractivity contribution in [1.29, 1.82) is 0 Å². The summed E-state index contributed by atoms with van der Waals surface area (Å²) in [6.45, 7) is 2.53. The zero-order valence-corrected chi connectivity index (χ0v) is 11.0. The Kier molecular flexibility index (Phi) is 5.49. The number of benzene rings is 1. The van der Waals surface area contributed by atoms with Gasteiger partial charge >= 0.3 is 0 Å². The van der Waals surface area contributed by atoms with Crippen LogP contribution in [0.2, 0.25) is 0 Å². The van der Waals surface area contributed by atoms with Crippen molar-refractivity contribution in [2.45, 2.75) is 25.8 Å². The van der Waals surface area contributed by atoms with Gasteiger partial charge in [-0.05, 0) is 37.6 Å². The number of amides is 1. The lowest BCUT2D eigenvalue weighted by Gasteiger charge is -2.14. The van der Waals surface area contributed by atoms with Gasteiger partial charge in [0.15, 0.2) is 0 Å². The summed E-state index contributed by atoms with van der Waals surface area (Å²) in [4.78, 5) is 11.5. The van der Waals surface area contributed by atoms with Crippen LogP contribution >= 0.6 is 15.9 Å². The summed E-state index contributed by atoms with van der Waals surface area (Å²) in [7, 11) is 0. The first-order chi connectivity index (χ1) is 7.63. The highest BCUT2D eigenvalue weighted by Crippen LogP contribution is 2.16. The molecule has 3 nitrogen and oxygen atoms in total. The Bertz CT molecular complexity index is 337. The van der Waals surface area contributed by atoms with Crippen LogP contribution in [0.5, 0.6) is 0 Å². The molecule has 0 saturated carbocycles. The number of carbonyl (C=O) groups excluding carboxylic acids is 1. The number of carbonyl (C=O) groups is 1. The van der Waals surface area contributed by atoms with E-state index in [-0.39, 0.29) is 11.9 Å². The quantitative estimate of drug-likeness (QED) is 0.872. The molecule has 0 saturated heterocycles. The molecular formula is C12H17BrN2O. The van der Waals surface area contributed by atoms with Crippen molar-refractivity contribution in [2.24, 2.45) is 5.73 Å². The molecule has 0 aliphatic heterocycles. The van der Waals surface area contributed by atoms with E-state index in [0.29, 0.717) is 13.0 Å². The van der Waals surface area contributed by atoms with Crippen LogP contribution in [0.15, 0.2) is 28.7 Å². The van der Waals surface area contributed by atoms with E-state index in [9.17, 15) is 4.79 Å². The van der Waals surface area contributed by atoms with Crippen LogP contribution < -0.4 is 11.1 Å². The lowest BCUT2D eigenvalue weighted by atomic mass is 10.1. The van der Waals surface area contributed by atoms with Gasteiger partial charge in [-0.2, -0.15) is 0 Å². The highest BCUT2D eigenvalue weighted by Gasteiger charge is 2.08. The van der Waals surface area contributed by atoms with Crippen molar-refractivity contribution in [3.63, 3.8) is 0 Å². The first kappa shape index (κ1) is 13.2. The molecule has 0 spiro atoms. The zero-order chi connectivity index (χ0) is 12.0. The van der Waals surface area contributed by atoms with E-state index in [2.05, 4.69) is 21.2 Å². The summed E-state index contributed by atoms with van der Waals surface area (Å²) in [6.07, 6.45) is 1.23. The highest BCUT2D eigenvalue weighted by molar-refractivity contribution is 9.10.